The zero-order valence-corrected chi connectivity index (χ0v) is 4.50. The molecule has 0 aliphatic heterocycles. The highest BCUT2D eigenvalue weighted by Crippen LogP contribution is 1.88. The van der Waals surface area contributed by atoms with Crippen molar-refractivity contribution in [2.75, 3.05) is 0 Å². The smallest absolute Gasteiger partial charge is 0.00448 e. The summed E-state index contributed by atoms with van der Waals surface area (Å²) in [6.45, 7) is 5.46. The van der Waals surface area contributed by atoms with Gasteiger partial charge in [-0.3, -0.25) is 0 Å². The average molecular weight is 103 g/mol. The minimum absolute atomic E-state index is 0.977. The molecule has 0 aliphatic carbocycles. The zero-order chi connectivity index (χ0) is 4.99. The van der Waals surface area contributed by atoms with Crippen LogP contribution in [0.1, 0.15) is 6.92 Å². The van der Waals surface area contributed by atoms with Crippen LogP contribution >= 0.6 is 11.6 Å². The Bertz CT molecular complexity index is 72.0. The lowest BCUT2D eigenvalue weighted by molar-refractivity contribution is 1.57. The lowest BCUT2D eigenvalue weighted by Gasteiger charge is -1.74. The van der Waals surface area contributed by atoms with Crippen molar-refractivity contribution in [1.82, 2.24) is 0 Å². The normalized spacial score (nSPS) is 9.67. The Morgan fingerprint density at radius 3 is 2.33 bits per heavy atom. The van der Waals surface area contributed by atoms with Crippen LogP contribution in [0.25, 0.3) is 0 Å². The van der Waals surface area contributed by atoms with E-state index in [2.05, 4.69) is 6.58 Å². The third kappa shape index (κ3) is 3.77. The van der Waals surface area contributed by atoms with Crippen molar-refractivity contribution in [1.29, 1.82) is 0 Å². The maximum absolute atomic E-state index is 5.16. The second-order valence-electron chi connectivity index (χ2n) is 1.14. The third-order valence-electron chi connectivity index (χ3n) is 0.348. The lowest BCUT2D eigenvalue weighted by Crippen LogP contribution is -1.52. The van der Waals surface area contributed by atoms with E-state index in [4.69, 9.17) is 11.6 Å². The second-order valence-corrected chi connectivity index (χ2v) is 1.39. The molecule has 34 valence electrons. The zero-order valence-electron chi connectivity index (χ0n) is 3.74. The first kappa shape index (κ1) is 5.77. The third-order valence-corrected chi connectivity index (χ3v) is 0.474. The Labute approximate surface area is 43.1 Å². The molecule has 0 fully saturated rings. The van der Waals surface area contributed by atoms with Gasteiger partial charge in [-0.25, -0.2) is 0 Å². The molecule has 0 bridgehead atoms. The molecule has 0 aliphatic rings. The number of allylic oxidation sites excluding steroid dienone is 2. The molecule has 0 radical (unpaired) electrons. The standard InChI is InChI=1S/C5H7Cl/c1-5(2)3-4-6/h3-4H,1H2,2H3/b4-3-. The maximum Gasteiger partial charge on any atom is 0.00448 e. The Kier molecular flexibility index (Phi) is 2.87. The Morgan fingerprint density at radius 2 is 2.33 bits per heavy atom. The van der Waals surface area contributed by atoms with Crippen molar-refractivity contribution in [3.8, 4) is 0 Å². The van der Waals surface area contributed by atoms with Gasteiger partial charge in [-0.1, -0.05) is 23.8 Å². The van der Waals surface area contributed by atoms with Gasteiger partial charge >= 0.3 is 0 Å². The fourth-order valence-electron chi connectivity index (χ4n) is 0.108. The van der Waals surface area contributed by atoms with Crippen LogP contribution in [0.3, 0.4) is 0 Å². The molecule has 0 saturated carbocycles. The number of rotatable bonds is 1. The lowest BCUT2D eigenvalue weighted by atomic mass is 10.4. The minimum Gasteiger partial charge on any atom is -0.0961 e. The van der Waals surface area contributed by atoms with Gasteiger partial charge in [0.2, 0.25) is 0 Å². The van der Waals surface area contributed by atoms with E-state index >= 15 is 0 Å². The van der Waals surface area contributed by atoms with E-state index < -0.39 is 0 Å². The van der Waals surface area contributed by atoms with Gasteiger partial charge in [0.25, 0.3) is 0 Å². The Balaban J connectivity index is 3.30. The molecule has 0 nitrogen and oxygen atoms in total. The monoisotopic (exact) mass is 102 g/mol. The van der Waals surface area contributed by atoms with Crippen LogP contribution in [0.2, 0.25) is 0 Å². The maximum atomic E-state index is 5.16. The van der Waals surface area contributed by atoms with E-state index in [0.717, 1.165) is 5.57 Å². The van der Waals surface area contributed by atoms with Gasteiger partial charge in [0.1, 0.15) is 0 Å². The first-order chi connectivity index (χ1) is 2.77. The summed E-state index contributed by atoms with van der Waals surface area (Å²) in [6.07, 6.45) is 1.74. The number of hydrogen-bond donors (Lipinski definition) is 0. The van der Waals surface area contributed by atoms with Crippen LogP contribution < -0.4 is 0 Å². The number of hydrogen-bond acceptors (Lipinski definition) is 0. The molecule has 0 aromatic heterocycles. The van der Waals surface area contributed by atoms with Crippen molar-refractivity contribution < 1.29 is 0 Å². The molecule has 0 unspecified atom stereocenters. The van der Waals surface area contributed by atoms with E-state index in [1.165, 1.54) is 5.54 Å². The molecule has 6 heavy (non-hydrogen) atoms. The average Bonchev–Trinajstić information content (AvgIpc) is 1.35. The molecule has 0 atom stereocenters. The first-order valence-corrected chi connectivity index (χ1v) is 2.13. The highest BCUT2D eigenvalue weighted by molar-refractivity contribution is 6.25. The summed E-state index contributed by atoms with van der Waals surface area (Å²) in [4.78, 5) is 0. The van der Waals surface area contributed by atoms with Crippen molar-refractivity contribution in [2.45, 2.75) is 6.92 Å². The molecule has 0 aromatic rings. The van der Waals surface area contributed by atoms with Gasteiger partial charge in [-0.15, -0.1) is 0 Å². The van der Waals surface area contributed by atoms with E-state index in [-0.39, 0.29) is 0 Å². The highest BCUT2D eigenvalue weighted by Gasteiger charge is 1.65. The van der Waals surface area contributed by atoms with Gasteiger partial charge in [0, 0.05) is 5.54 Å². The summed E-state index contributed by atoms with van der Waals surface area (Å²) in [5.41, 5.74) is 2.42. The van der Waals surface area contributed by atoms with Crippen molar-refractivity contribution in [2.24, 2.45) is 0 Å². The predicted molar refractivity (Wildman–Crippen MR) is 29.8 cm³/mol. The van der Waals surface area contributed by atoms with Gasteiger partial charge in [-0.2, -0.15) is 0 Å². The fraction of sp³-hybridized carbons (Fsp3) is 0.200. The molecule has 0 amide bonds. The van der Waals surface area contributed by atoms with Gasteiger partial charge < -0.3 is 0 Å². The molecule has 0 saturated heterocycles. The summed E-state index contributed by atoms with van der Waals surface area (Å²) in [5, 5.41) is 0. The van der Waals surface area contributed by atoms with Crippen LogP contribution in [-0.2, 0) is 0 Å². The molecule has 0 rings (SSSR count). The van der Waals surface area contributed by atoms with E-state index in [1.54, 1.807) is 6.08 Å². The van der Waals surface area contributed by atoms with Crippen LogP contribution in [-0.4, -0.2) is 0 Å². The summed E-state index contributed by atoms with van der Waals surface area (Å²) < 4.78 is 0. The Morgan fingerprint density at radius 1 is 1.83 bits per heavy atom. The highest BCUT2D eigenvalue weighted by atomic mass is 35.5. The molecule has 1 heteroatoms. The largest absolute Gasteiger partial charge is 0.0961 e. The van der Waals surface area contributed by atoms with Crippen LogP contribution in [0, 0.1) is 0 Å². The van der Waals surface area contributed by atoms with Gasteiger partial charge in [0.05, 0.1) is 0 Å². The van der Waals surface area contributed by atoms with Crippen LogP contribution in [0.15, 0.2) is 23.8 Å². The summed E-state index contributed by atoms with van der Waals surface area (Å²) in [7, 11) is 0. The Hall–Kier alpha value is -0.230. The predicted octanol–water partition coefficient (Wildman–Crippen LogP) is 2.32. The topological polar surface area (TPSA) is 0 Å². The summed E-state index contributed by atoms with van der Waals surface area (Å²) >= 11 is 5.16. The van der Waals surface area contributed by atoms with E-state index in [0.29, 0.717) is 0 Å². The van der Waals surface area contributed by atoms with Crippen LogP contribution in [0.4, 0.5) is 0 Å². The molecular weight excluding hydrogens is 95.5 g/mol. The van der Waals surface area contributed by atoms with E-state index in [1.807, 2.05) is 6.92 Å². The molecule has 0 heterocycles. The summed E-state index contributed by atoms with van der Waals surface area (Å²) in [6, 6.07) is 0. The van der Waals surface area contributed by atoms with Crippen molar-refractivity contribution in [3.63, 3.8) is 0 Å². The first-order valence-electron chi connectivity index (χ1n) is 1.69. The summed E-state index contributed by atoms with van der Waals surface area (Å²) in [5.74, 6) is 0. The van der Waals surface area contributed by atoms with Gasteiger partial charge in [0.15, 0.2) is 0 Å². The molecule has 0 N–H and O–H groups in total. The second kappa shape index (κ2) is 2.98. The minimum atomic E-state index is 0.977. The quantitative estimate of drug-likeness (QED) is 0.446. The van der Waals surface area contributed by atoms with Crippen molar-refractivity contribution in [3.05, 3.63) is 23.8 Å². The van der Waals surface area contributed by atoms with Gasteiger partial charge in [-0.05, 0) is 13.0 Å². The SMILES string of the molecule is C=C(C)/C=C\Cl. The van der Waals surface area contributed by atoms with Crippen molar-refractivity contribution >= 4 is 11.6 Å². The van der Waals surface area contributed by atoms with Crippen LogP contribution in [0.5, 0.6) is 0 Å². The van der Waals surface area contributed by atoms with E-state index in [9.17, 15) is 0 Å². The molecule has 0 spiro atoms. The number of halogens is 1. The molecule has 0 aromatic carbocycles. The fourth-order valence-corrected chi connectivity index (χ4v) is 0.323. The molecular formula is C5H7Cl.